The van der Waals surface area contributed by atoms with E-state index in [1.807, 2.05) is 28.8 Å². The van der Waals surface area contributed by atoms with E-state index in [4.69, 9.17) is 9.47 Å². The lowest BCUT2D eigenvalue weighted by Crippen LogP contribution is -2.62. The minimum atomic E-state index is -0.0651. The lowest BCUT2D eigenvalue weighted by Gasteiger charge is -2.40. The van der Waals surface area contributed by atoms with Gasteiger partial charge in [-0.05, 0) is 31.0 Å². The monoisotopic (exact) mass is 427 g/mol. The van der Waals surface area contributed by atoms with Crippen molar-refractivity contribution in [3.8, 4) is 22.9 Å². The third kappa shape index (κ3) is 3.67. The summed E-state index contributed by atoms with van der Waals surface area (Å²) >= 11 is 1.58. The van der Waals surface area contributed by atoms with Gasteiger partial charge in [-0.15, -0.1) is 16.8 Å². The molecule has 9 heteroatoms. The molecule has 30 heavy (non-hydrogen) atoms. The Bertz CT molecular complexity index is 962. The van der Waals surface area contributed by atoms with Crippen LogP contribution in [-0.2, 0) is 11.3 Å². The van der Waals surface area contributed by atoms with Crippen molar-refractivity contribution in [3.05, 3.63) is 30.9 Å². The van der Waals surface area contributed by atoms with Crippen molar-refractivity contribution in [2.45, 2.75) is 49.6 Å². The molecule has 8 nitrogen and oxygen atoms in total. The second-order valence-electron chi connectivity index (χ2n) is 7.81. The molecule has 1 aliphatic carbocycles. The molecule has 158 valence electrons. The molecule has 3 heterocycles. The molecule has 2 N–H and O–H groups in total. The van der Waals surface area contributed by atoms with Crippen LogP contribution in [0.2, 0.25) is 0 Å². The summed E-state index contributed by atoms with van der Waals surface area (Å²) in [5, 5.41) is 16.4. The van der Waals surface area contributed by atoms with E-state index in [0.29, 0.717) is 18.0 Å². The van der Waals surface area contributed by atoms with Gasteiger partial charge in [-0.1, -0.05) is 30.7 Å². The highest BCUT2D eigenvalue weighted by Crippen LogP contribution is 2.36. The maximum Gasteiger partial charge on any atom is 0.231 e. The molecule has 1 amide bonds. The van der Waals surface area contributed by atoms with Crippen molar-refractivity contribution in [3.63, 3.8) is 0 Å². The van der Waals surface area contributed by atoms with E-state index < -0.39 is 0 Å². The molecule has 2 fully saturated rings. The van der Waals surface area contributed by atoms with Gasteiger partial charge in [0.1, 0.15) is 0 Å². The largest absolute Gasteiger partial charge is 0.454 e. The minimum Gasteiger partial charge on any atom is -0.454 e. The van der Waals surface area contributed by atoms with Gasteiger partial charge in [0.25, 0.3) is 0 Å². The van der Waals surface area contributed by atoms with Crippen LogP contribution in [0.3, 0.4) is 0 Å². The fourth-order valence-corrected chi connectivity index (χ4v) is 5.32. The number of nitrogens with one attached hydrogen (secondary N) is 2. The van der Waals surface area contributed by atoms with Gasteiger partial charge in [0.05, 0.1) is 12.1 Å². The van der Waals surface area contributed by atoms with Crippen LogP contribution < -0.4 is 20.1 Å². The van der Waals surface area contributed by atoms with Crippen molar-refractivity contribution in [2.75, 3.05) is 12.5 Å². The number of nitrogens with zero attached hydrogens (tertiary/aromatic N) is 3. The van der Waals surface area contributed by atoms with Crippen LogP contribution in [0.5, 0.6) is 11.5 Å². The number of carbonyl (C=O) groups excluding carboxylic acids is 1. The van der Waals surface area contributed by atoms with Crippen LogP contribution in [0, 0.1) is 5.92 Å². The molecule has 0 spiro atoms. The topological polar surface area (TPSA) is 90.3 Å². The first-order valence-electron chi connectivity index (χ1n) is 10.4. The molecule has 5 rings (SSSR count). The molecule has 2 aliphatic heterocycles. The average Bonchev–Trinajstić information content (AvgIpc) is 3.39. The van der Waals surface area contributed by atoms with Gasteiger partial charge in [0, 0.05) is 23.9 Å². The molecule has 1 saturated heterocycles. The number of hydrogen-bond donors (Lipinski definition) is 2. The maximum atomic E-state index is 12.5. The number of hydrogen-bond acceptors (Lipinski definition) is 7. The van der Waals surface area contributed by atoms with E-state index in [1.165, 1.54) is 6.42 Å². The van der Waals surface area contributed by atoms with Crippen molar-refractivity contribution < 1.29 is 14.3 Å². The molecule has 3 atom stereocenters. The summed E-state index contributed by atoms with van der Waals surface area (Å²) in [6.07, 6.45) is 6.15. The predicted molar refractivity (Wildman–Crippen MR) is 113 cm³/mol. The Morgan fingerprint density at radius 2 is 2.10 bits per heavy atom. The van der Waals surface area contributed by atoms with Gasteiger partial charge in [0.2, 0.25) is 12.7 Å². The zero-order chi connectivity index (χ0) is 20.5. The second-order valence-corrected chi connectivity index (χ2v) is 8.80. The number of carbonyl (C=O) groups is 1. The van der Waals surface area contributed by atoms with Crippen molar-refractivity contribution in [1.29, 1.82) is 0 Å². The lowest BCUT2D eigenvalue weighted by atomic mass is 9.82. The van der Waals surface area contributed by atoms with E-state index >= 15 is 0 Å². The van der Waals surface area contributed by atoms with Crippen LogP contribution in [-0.4, -0.2) is 45.4 Å². The molecular weight excluding hydrogens is 402 g/mol. The van der Waals surface area contributed by atoms with Gasteiger partial charge in [-0.3, -0.25) is 14.7 Å². The Morgan fingerprint density at radius 1 is 1.23 bits per heavy atom. The number of allylic oxidation sites excluding steroid dienone is 1. The van der Waals surface area contributed by atoms with Gasteiger partial charge in [-0.2, -0.15) is 0 Å². The number of aromatic nitrogens is 3. The van der Waals surface area contributed by atoms with Crippen LogP contribution >= 0.6 is 11.8 Å². The summed E-state index contributed by atoms with van der Waals surface area (Å²) in [7, 11) is 0. The Morgan fingerprint density at radius 3 is 3.00 bits per heavy atom. The molecule has 1 aromatic carbocycles. The highest BCUT2D eigenvalue weighted by atomic mass is 32.2. The molecule has 3 unspecified atom stereocenters. The predicted octanol–water partition coefficient (Wildman–Crippen LogP) is 2.56. The number of thioether (sulfide) groups is 1. The summed E-state index contributed by atoms with van der Waals surface area (Å²) in [6, 6.07) is 6.05. The number of fused-ring (bicyclic) bond motifs is 2. The quantitative estimate of drug-likeness (QED) is 0.541. The Labute approximate surface area is 179 Å². The maximum absolute atomic E-state index is 12.5. The first kappa shape index (κ1) is 19.4. The van der Waals surface area contributed by atoms with Crippen LogP contribution in [0.1, 0.15) is 25.7 Å². The fraction of sp³-hybridized carbons (Fsp3) is 0.476. The first-order chi connectivity index (χ1) is 14.7. The van der Waals surface area contributed by atoms with Crippen molar-refractivity contribution in [2.24, 2.45) is 5.92 Å². The molecule has 2 aromatic rings. The average molecular weight is 428 g/mol. The van der Waals surface area contributed by atoms with Gasteiger partial charge < -0.3 is 14.8 Å². The van der Waals surface area contributed by atoms with Crippen molar-refractivity contribution in [1.82, 2.24) is 25.4 Å². The third-order valence-electron chi connectivity index (χ3n) is 5.87. The van der Waals surface area contributed by atoms with Crippen LogP contribution in [0.25, 0.3) is 11.4 Å². The van der Waals surface area contributed by atoms with E-state index in [-0.39, 0.29) is 30.8 Å². The number of benzene rings is 1. The lowest BCUT2D eigenvalue weighted by molar-refractivity contribution is -0.130. The van der Waals surface area contributed by atoms with E-state index in [9.17, 15) is 4.79 Å². The Hall–Kier alpha value is -2.52. The van der Waals surface area contributed by atoms with Crippen LogP contribution in [0.4, 0.5) is 0 Å². The summed E-state index contributed by atoms with van der Waals surface area (Å²) in [6.45, 7) is 4.70. The SMILES string of the molecule is C=CCn1c(SCC2NC(=O)C3CCCCC3N2)nnc1-c1ccc2c(c1)OCO2. The minimum absolute atomic E-state index is 0.0651. The smallest absolute Gasteiger partial charge is 0.231 e. The molecule has 3 aliphatic rings. The Balaban J connectivity index is 1.31. The molecular formula is C21H25N5O3S. The van der Waals surface area contributed by atoms with E-state index in [1.54, 1.807) is 11.8 Å². The summed E-state index contributed by atoms with van der Waals surface area (Å²) in [5.74, 6) is 3.18. The van der Waals surface area contributed by atoms with E-state index in [2.05, 4.69) is 27.4 Å². The van der Waals surface area contributed by atoms with Gasteiger partial charge >= 0.3 is 0 Å². The molecule has 0 bridgehead atoms. The Kier molecular flexibility index (Phi) is 5.39. The fourth-order valence-electron chi connectivity index (χ4n) is 4.41. The summed E-state index contributed by atoms with van der Waals surface area (Å²) in [4.78, 5) is 12.5. The van der Waals surface area contributed by atoms with Crippen molar-refractivity contribution >= 4 is 17.7 Å². The highest BCUT2D eigenvalue weighted by Gasteiger charge is 2.37. The molecule has 1 saturated carbocycles. The zero-order valence-electron chi connectivity index (χ0n) is 16.7. The normalized spacial score (nSPS) is 24.9. The van der Waals surface area contributed by atoms with Gasteiger partial charge in [0.15, 0.2) is 22.5 Å². The zero-order valence-corrected chi connectivity index (χ0v) is 17.5. The number of rotatable bonds is 6. The standard InChI is InChI=1S/C21H25N5O3S/c1-2-9-26-19(13-7-8-16-17(10-13)29-12-28-16)24-25-21(26)30-11-18-22-15-6-4-3-5-14(15)20(27)23-18/h2,7-8,10,14-15,18,22H,1,3-6,9,11-12H2,(H,23,27). The van der Waals surface area contributed by atoms with Crippen LogP contribution in [0.15, 0.2) is 36.0 Å². The first-order valence-corrected chi connectivity index (χ1v) is 11.3. The third-order valence-corrected chi connectivity index (χ3v) is 6.93. The number of amides is 1. The van der Waals surface area contributed by atoms with Gasteiger partial charge in [-0.25, -0.2) is 0 Å². The number of ether oxygens (including phenoxy) is 2. The summed E-state index contributed by atoms with van der Waals surface area (Å²) < 4.78 is 12.9. The van der Waals surface area contributed by atoms with E-state index in [0.717, 1.165) is 41.6 Å². The second kappa shape index (κ2) is 8.31. The highest BCUT2D eigenvalue weighted by molar-refractivity contribution is 7.99. The summed E-state index contributed by atoms with van der Waals surface area (Å²) in [5.41, 5.74) is 0.912. The molecule has 1 aromatic heterocycles. The molecule has 0 radical (unpaired) electrons.